The van der Waals surface area contributed by atoms with Crippen LogP contribution in [0.1, 0.15) is 182 Å². The van der Waals surface area contributed by atoms with Crippen LogP contribution in [0.3, 0.4) is 0 Å². The van der Waals surface area contributed by atoms with Gasteiger partial charge < -0.3 is 63.2 Å². The van der Waals surface area contributed by atoms with E-state index in [-0.39, 0.29) is 56.9 Å². The molecule has 12 heterocycles. The molecule has 0 aliphatic carbocycles. The monoisotopic (exact) mass is 1940 g/mol. The van der Waals surface area contributed by atoms with Gasteiger partial charge >= 0.3 is 0 Å². The van der Waals surface area contributed by atoms with E-state index in [0.717, 1.165) is 259 Å². The Morgan fingerprint density at radius 3 is 1.20 bits per heavy atom. The number of anilines is 2. The third kappa shape index (κ3) is 23.4. The van der Waals surface area contributed by atoms with Gasteiger partial charge in [0.25, 0.3) is 17.7 Å². The molecule has 12 aliphatic rings. The van der Waals surface area contributed by atoms with Crippen molar-refractivity contribution < 1.29 is 66.7 Å². The number of rotatable bonds is 20. The lowest BCUT2D eigenvalue weighted by atomic mass is 9.77. The van der Waals surface area contributed by atoms with E-state index in [1.165, 1.54) is 36.0 Å². The van der Waals surface area contributed by atoms with E-state index in [9.17, 15) is 28.8 Å². The summed E-state index contributed by atoms with van der Waals surface area (Å²) in [4.78, 5) is 92.4. The molecule has 5 atom stereocenters. The Hall–Kier alpha value is -9.96. The van der Waals surface area contributed by atoms with E-state index in [0.29, 0.717) is 99.7 Å². The van der Waals surface area contributed by atoms with E-state index in [4.69, 9.17) is 84.3 Å². The quantitative estimate of drug-likeness (QED) is 0.0677. The first kappa shape index (κ1) is 98.6. The number of halogens is 4. The number of nitrogens with one attached hydrogen (secondary N) is 2. The predicted octanol–water partition coefficient (Wildman–Crippen LogP) is 17.9. The molecular formula is C110H127Cl4N9O14. The average Bonchev–Trinajstić information content (AvgIpc) is 1.60. The highest BCUT2D eigenvalue weighted by atomic mass is 35.5. The predicted molar refractivity (Wildman–Crippen MR) is 537 cm³/mol. The minimum Gasteiger partial charge on any atom is -0.493 e. The maximum Gasteiger partial charge on any atom is 0.253 e. The SMILES string of the molecule is CC1(CN2CCOCC2)C(=O)Nc2cc(C(=O)N3CCCCC3)ccc21.CC1(CN2CCOCC2)CNc2cc(C(=O)c3ccc(Cl)cc3Cl)ccc21.CC1(CN2CCOCC2)COc2cc(C(=O)N3CCCCC3)ccc21.CC1(CN2CCOCC2)COc2cc(C(=O)c3ccc(Cl)cc3Cl)ccc21.O=C(c1ccc2c(c1)OCC2(COc1ccccc1)Cc1ccccc1)N1CCCCC1. The molecule has 7 saturated heterocycles. The van der Waals surface area contributed by atoms with Gasteiger partial charge in [-0.05, 0) is 185 Å². The molecule has 2 N–H and O–H groups in total. The molecule has 0 bridgehead atoms. The zero-order valence-corrected chi connectivity index (χ0v) is 82.3. The number of carbonyl (C=O) groups excluding carboxylic acids is 6. The van der Waals surface area contributed by atoms with Crippen LogP contribution >= 0.6 is 46.4 Å². The molecule has 0 saturated carbocycles. The number of benzene rings is 9. The molecule has 724 valence electrons. The molecule has 0 spiro atoms. The molecule has 0 aromatic heterocycles. The molecule has 27 heteroatoms. The fourth-order valence-electron chi connectivity index (χ4n) is 21.1. The Bertz CT molecular complexity index is 5630. The first-order valence-electron chi connectivity index (χ1n) is 48.9. The number of piperidine rings is 3. The van der Waals surface area contributed by atoms with Gasteiger partial charge in [0.05, 0.1) is 86.9 Å². The highest BCUT2D eigenvalue weighted by Gasteiger charge is 2.47. The maximum atomic E-state index is 13.0. The third-order valence-electron chi connectivity index (χ3n) is 29.0. The van der Waals surface area contributed by atoms with Crippen LogP contribution in [0.2, 0.25) is 20.1 Å². The number of carbonyl (C=O) groups is 6. The first-order chi connectivity index (χ1) is 66.4. The van der Waals surface area contributed by atoms with Crippen LogP contribution in [-0.4, -0.2) is 273 Å². The minimum absolute atomic E-state index is 0.0145. The minimum atomic E-state index is -0.584. The number of morpholine rings is 4. The van der Waals surface area contributed by atoms with Crippen LogP contribution in [0, 0.1) is 0 Å². The zero-order chi connectivity index (χ0) is 95.3. The second-order valence-electron chi connectivity index (χ2n) is 39.4. The lowest BCUT2D eigenvalue weighted by Crippen LogP contribution is -2.47. The second kappa shape index (κ2) is 44.7. The van der Waals surface area contributed by atoms with Gasteiger partial charge in [-0.3, -0.25) is 48.4 Å². The summed E-state index contributed by atoms with van der Waals surface area (Å²) >= 11 is 24.3. The number of nitrogens with zero attached hydrogens (tertiary/aromatic N) is 7. The Balaban J connectivity index is 0.000000119. The van der Waals surface area contributed by atoms with E-state index in [1.807, 2.05) is 131 Å². The average molecular weight is 1940 g/mol. The topological polar surface area (TPSA) is 223 Å². The summed E-state index contributed by atoms with van der Waals surface area (Å²) < 4.78 is 46.2. The highest BCUT2D eigenvalue weighted by molar-refractivity contribution is 6.38. The smallest absolute Gasteiger partial charge is 0.253 e. The van der Waals surface area contributed by atoms with Crippen LogP contribution in [0.4, 0.5) is 11.4 Å². The lowest BCUT2D eigenvalue weighted by molar-refractivity contribution is -0.121. The zero-order valence-electron chi connectivity index (χ0n) is 79.2. The van der Waals surface area contributed by atoms with Crippen molar-refractivity contribution in [3.05, 3.63) is 280 Å². The van der Waals surface area contributed by atoms with Crippen LogP contribution in [0.5, 0.6) is 23.0 Å². The van der Waals surface area contributed by atoms with Gasteiger partial charge in [0.15, 0.2) is 11.6 Å². The Kier molecular flexibility index (Phi) is 32.2. The second-order valence-corrected chi connectivity index (χ2v) is 41.1. The summed E-state index contributed by atoms with van der Waals surface area (Å²) in [5.74, 6) is 3.44. The number of ether oxygens (including phenoxy) is 8. The lowest BCUT2D eigenvalue weighted by Gasteiger charge is -2.34. The summed E-state index contributed by atoms with van der Waals surface area (Å²) in [6.07, 6.45) is 11.0. The van der Waals surface area contributed by atoms with Crippen molar-refractivity contribution in [2.45, 2.75) is 119 Å². The molecule has 4 amide bonds. The van der Waals surface area contributed by atoms with E-state index < -0.39 is 5.41 Å². The Morgan fingerprint density at radius 2 is 0.737 bits per heavy atom. The van der Waals surface area contributed by atoms with E-state index >= 15 is 0 Å². The van der Waals surface area contributed by atoms with Gasteiger partial charge in [-0.2, -0.15) is 0 Å². The van der Waals surface area contributed by atoms with Crippen molar-refractivity contribution in [2.24, 2.45) is 0 Å². The molecule has 12 aliphatic heterocycles. The molecule has 9 aromatic carbocycles. The van der Waals surface area contributed by atoms with Crippen molar-refractivity contribution in [3.63, 3.8) is 0 Å². The van der Waals surface area contributed by atoms with Gasteiger partial charge in [-0.25, -0.2) is 0 Å². The van der Waals surface area contributed by atoms with Gasteiger partial charge in [0.2, 0.25) is 5.91 Å². The van der Waals surface area contributed by atoms with Crippen LogP contribution in [-0.2, 0) is 57.2 Å². The number of fused-ring (bicyclic) bond motifs is 5. The molecule has 5 unspecified atom stereocenters. The summed E-state index contributed by atoms with van der Waals surface area (Å²) in [7, 11) is 0. The van der Waals surface area contributed by atoms with Gasteiger partial charge in [0.1, 0.15) is 36.2 Å². The number of likely N-dealkylation sites (tertiary alicyclic amines) is 3. The number of hydrogen-bond donors (Lipinski definition) is 2. The molecule has 9 aromatic rings. The van der Waals surface area contributed by atoms with Crippen molar-refractivity contribution in [1.82, 2.24) is 34.3 Å². The largest absolute Gasteiger partial charge is 0.493 e. The highest BCUT2D eigenvalue weighted by Crippen LogP contribution is 2.47. The molecule has 21 rings (SSSR count). The Labute approximate surface area is 825 Å². The third-order valence-corrected chi connectivity index (χ3v) is 30.1. The Morgan fingerprint density at radius 1 is 0.365 bits per heavy atom. The van der Waals surface area contributed by atoms with Crippen molar-refractivity contribution in [1.29, 1.82) is 0 Å². The number of hydrogen-bond acceptors (Lipinski definition) is 19. The van der Waals surface area contributed by atoms with Crippen LogP contribution in [0.15, 0.2) is 188 Å². The number of ketones is 2. The summed E-state index contributed by atoms with van der Waals surface area (Å²) in [5, 5.41) is 8.25. The molecular weight excluding hydrogens is 1810 g/mol. The fraction of sp³-hybridized carbons (Fsp3) is 0.455. The van der Waals surface area contributed by atoms with Crippen LogP contribution in [0.25, 0.3) is 0 Å². The summed E-state index contributed by atoms with van der Waals surface area (Å²) in [6.45, 7) is 34.3. The molecule has 23 nitrogen and oxygen atoms in total. The van der Waals surface area contributed by atoms with Gasteiger partial charge in [-0.15, -0.1) is 0 Å². The molecule has 7 fully saturated rings. The van der Waals surface area contributed by atoms with Crippen LogP contribution < -0.4 is 29.6 Å². The first-order valence-corrected chi connectivity index (χ1v) is 50.4. The van der Waals surface area contributed by atoms with E-state index in [1.54, 1.807) is 36.4 Å². The maximum absolute atomic E-state index is 13.0. The molecule has 137 heavy (non-hydrogen) atoms. The van der Waals surface area contributed by atoms with Crippen molar-refractivity contribution in [2.75, 3.05) is 214 Å². The normalized spacial score (nSPS) is 23.4. The summed E-state index contributed by atoms with van der Waals surface area (Å²) in [6, 6.07) is 59.6. The van der Waals surface area contributed by atoms with Crippen molar-refractivity contribution >= 4 is 93.0 Å². The summed E-state index contributed by atoms with van der Waals surface area (Å²) in [5.41, 5.74) is 12.1. The van der Waals surface area contributed by atoms with Gasteiger partial charge in [-0.1, -0.05) is 158 Å². The van der Waals surface area contributed by atoms with Gasteiger partial charge in [0, 0.05) is 218 Å². The fourth-order valence-corrected chi connectivity index (χ4v) is 22.1. The molecule has 0 radical (unpaired) electrons. The number of para-hydroxylation sites is 1. The number of amides is 4. The van der Waals surface area contributed by atoms with E-state index in [2.05, 4.69) is 93.5 Å². The van der Waals surface area contributed by atoms with Crippen molar-refractivity contribution in [3.8, 4) is 23.0 Å². The standard InChI is InChI=1S/C28H29NO3.C21H22Cl2N2O2.C21H21Cl2NO3.C20H27N3O3.C20H28N2O3/c30-27(29-16-8-3-9-17-29)23-14-15-25-26(18-23)32-21-28(25,19-22-10-4-1-5-11-22)20-31-24-12-6-2-7-13-24;1-21(13-25-6-8-27-9-7-25)12-24-19-10-14(2-5-17(19)21)20(26)16-4-3-15(22)11-18(16)23;1-21(12-24-6-8-26-9-7-24)13-27-19-10-14(2-5-17(19)21)20(25)16-4-3-15(22)11-18(16)23;1-20(14-22-9-11-26-12-10-22)16-6-5-15(13-17(16)21-19(20)25)18(24)23-7-3-2-4-8-23;1-20(14-21-9-11-24-12-10-21)15-25-18-13-16(5-6-17(18)20)19(23)22-7-3-2-4-8-22/h1-2,4-7,10-15,18H,3,8-9,16-17,19-21H2;2-5,10-11,24H,6-9,12-13H2,1H3;2-5,10-11H,6-9,12-13H2,1H3;5-6,13H,2-4,7-12,14H2,1H3,(H,21,25);5-6,13H,2-4,7-12,14-15H2,1H3.